The van der Waals surface area contributed by atoms with Gasteiger partial charge in [-0.3, -0.25) is 9.78 Å². The van der Waals surface area contributed by atoms with E-state index >= 15 is 0 Å². The summed E-state index contributed by atoms with van der Waals surface area (Å²) in [5.41, 5.74) is 2.80. The van der Waals surface area contributed by atoms with Crippen molar-refractivity contribution in [2.75, 3.05) is 0 Å². The van der Waals surface area contributed by atoms with Gasteiger partial charge in [0.05, 0.1) is 6.04 Å². The first-order chi connectivity index (χ1) is 9.22. The van der Waals surface area contributed by atoms with Crippen molar-refractivity contribution < 1.29 is 4.79 Å². The first-order valence-corrected chi connectivity index (χ1v) is 6.48. The van der Waals surface area contributed by atoms with Crippen molar-refractivity contribution in [3.63, 3.8) is 0 Å². The molecule has 0 fully saturated rings. The van der Waals surface area contributed by atoms with Gasteiger partial charge in [0.25, 0.3) is 5.91 Å². The summed E-state index contributed by atoms with van der Waals surface area (Å²) >= 11 is 0. The average molecular weight is 254 g/mol. The Kier molecular flexibility index (Phi) is 4.29. The first-order valence-electron chi connectivity index (χ1n) is 6.48. The molecule has 19 heavy (non-hydrogen) atoms. The predicted molar refractivity (Wildman–Crippen MR) is 75.9 cm³/mol. The number of nitrogens with zero attached hydrogens (tertiary/aromatic N) is 1. The van der Waals surface area contributed by atoms with Crippen LogP contribution in [0.5, 0.6) is 0 Å². The maximum Gasteiger partial charge on any atom is 0.252 e. The van der Waals surface area contributed by atoms with E-state index in [-0.39, 0.29) is 11.9 Å². The molecule has 0 aliphatic rings. The lowest BCUT2D eigenvalue weighted by Gasteiger charge is -2.18. The monoisotopic (exact) mass is 254 g/mol. The lowest BCUT2D eigenvalue weighted by atomic mass is 10.0. The van der Waals surface area contributed by atoms with Gasteiger partial charge in [0.2, 0.25) is 0 Å². The molecule has 1 N–H and O–H groups in total. The van der Waals surface area contributed by atoms with Crippen molar-refractivity contribution in [3.05, 3.63) is 65.5 Å². The highest BCUT2D eigenvalue weighted by molar-refractivity contribution is 5.95. The van der Waals surface area contributed by atoms with Gasteiger partial charge in [-0.2, -0.15) is 0 Å². The Bertz CT molecular complexity index is 552. The van der Waals surface area contributed by atoms with E-state index in [9.17, 15) is 4.79 Å². The molecular weight excluding hydrogens is 236 g/mol. The van der Waals surface area contributed by atoms with Crippen molar-refractivity contribution in [2.24, 2.45) is 0 Å². The van der Waals surface area contributed by atoms with E-state index in [1.54, 1.807) is 12.4 Å². The summed E-state index contributed by atoms with van der Waals surface area (Å²) < 4.78 is 0. The molecule has 0 saturated carbocycles. The van der Waals surface area contributed by atoms with Crippen LogP contribution in [0.3, 0.4) is 0 Å². The molecule has 1 atom stereocenters. The van der Waals surface area contributed by atoms with Crippen molar-refractivity contribution >= 4 is 5.91 Å². The zero-order valence-corrected chi connectivity index (χ0v) is 11.3. The van der Waals surface area contributed by atoms with Crippen LogP contribution in [0.25, 0.3) is 0 Å². The lowest BCUT2D eigenvalue weighted by molar-refractivity contribution is 0.0935. The van der Waals surface area contributed by atoms with Crippen molar-refractivity contribution in [3.8, 4) is 0 Å². The van der Waals surface area contributed by atoms with Crippen LogP contribution in [-0.2, 0) is 0 Å². The van der Waals surface area contributed by atoms with Crippen LogP contribution in [0, 0.1) is 6.92 Å². The zero-order chi connectivity index (χ0) is 13.7. The number of rotatable bonds is 4. The molecule has 98 valence electrons. The Morgan fingerprint density at radius 2 is 1.89 bits per heavy atom. The van der Waals surface area contributed by atoms with Crippen molar-refractivity contribution in [1.82, 2.24) is 10.3 Å². The minimum Gasteiger partial charge on any atom is -0.345 e. The molecule has 1 aromatic carbocycles. The summed E-state index contributed by atoms with van der Waals surface area (Å²) in [6, 6.07) is 11.5. The Balaban J connectivity index is 2.16. The normalized spacial score (nSPS) is 11.9. The molecule has 0 saturated heterocycles. The second kappa shape index (κ2) is 6.14. The topological polar surface area (TPSA) is 42.0 Å². The Morgan fingerprint density at radius 3 is 2.53 bits per heavy atom. The van der Waals surface area contributed by atoms with E-state index in [1.165, 1.54) is 0 Å². The van der Waals surface area contributed by atoms with Crippen molar-refractivity contribution in [2.45, 2.75) is 26.3 Å². The van der Waals surface area contributed by atoms with E-state index in [1.807, 2.05) is 43.3 Å². The molecule has 3 nitrogen and oxygen atoms in total. The highest BCUT2D eigenvalue weighted by Crippen LogP contribution is 2.17. The van der Waals surface area contributed by atoms with Gasteiger partial charge in [-0.1, -0.05) is 25.1 Å². The Hall–Kier alpha value is -2.16. The molecular formula is C16H18N2O. The van der Waals surface area contributed by atoms with Gasteiger partial charge in [0.1, 0.15) is 0 Å². The fourth-order valence-electron chi connectivity index (χ4n) is 2.08. The maximum atomic E-state index is 12.3. The standard InChI is InChI=1S/C16H18N2O/c1-3-15(13-8-10-17-11-9-13)18-16(19)14-7-5-4-6-12(14)2/h4-11,15H,3H2,1-2H3,(H,18,19)/t15-/m0/s1. The second-order valence-corrected chi connectivity index (χ2v) is 4.53. The number of aryl methyl sites for hydroxylation is 1. The summed E-state index contributed by atoms with van der Waals surface area (Å²) in [5.74, 6) is -0.0261. The first kappa shape index (κ1) is 13.3. The molecule has 1 amide bonds. The number of carbonyl (C=O) groups is 1. The van der Waals surface area contributed by atoms with Crippen molar-refractivity contribution in [1.29, 1.82) is 0 Å². The summed E-state index contributed by atoms with van der Waals surface area (Å²) in [5, 5.41) is 3.07. The quantitative estimate of drug-likeness (QED) is 0.909. The van der Waals surface area contributed by atoms with Gasteiger partial charge in [-0.25, -0.2) is 0 Å². The number of carbonyl (C=O) groups excluding carboxylic acids is 1. The van der Waals surface area contributed by atoms with Gasteiger partial charge in [-0.15, -0.1) is 0 Å². The number of aromatic nitrogens is 1. The van der Waals surface area contributed by atoms with Gasteiger partial charge in [0.15, 0.2) is 0 Å². The smallest absolute Gasteiger partial charge is 0.252 e. The minimum absolute atomic E-state index is 0.0232. The number of pyridine rings is 1. The van der Waals surface area contributed by atoms with Gasteiger partial charge < -0.3 is 5.32 Å². The minimum atomic E-state index is -0.0261. The second-order valence-electron chi connectivity index (χ2n) is 4.53. The van der Waals surface area contributed by atoms with Crippen LogP contribution in [0.4, 0.5) is 0 Å². The molecule has 0 aliphatic carbocycles. The van der Waals surface area contributed by atoms with E-state index < -0.39 is 0 Å². The molecule has 1 heterocycles. The largest absolute Gasteiger partial charge is 0.345 e. The molecule has 0 spiro atoms. The van der Waals surface area contributed by atoms with Crippen LogP contribution < -0.4 is 5.32 Å². The van der Waals surface area contributed by atoms with Crippen LogP contribution >= 0.6 is 0 Å². The summed E-state index contributed by atoms with van der Waals surface area (Å²) in [7, 11) is 0. The SMILES string of the molecule is CC[C@H](NC(=O)c1ccccc1C)c1ccncc1. The molecule has 1 aromatic heterocycles. The molecule has 0 unspecified atom stereocenters. The molecule has 2 rings (SSSR count). The summed E-state index contributed by atoms with van der Waals surface area (Å²) in [6.07, 6.45) is 4.34. The van der Waals surface area contributed by atoms with Gasteiger partial charge in [-0.05, 0) is 42.7 Å². The van der Waals surface area contributed by atoms with E-state index in [2.05, 4.69) is 17.2 Å². The zero-order valence-electron chi connectivity index (χ0n) is 11.3. The third kappa shape index (κ3) is 3.19. The van der Waals surface area contributed by atoms with Gasteiger partial charge in [0, 0.05) is 18.0 Å². The Labute approximate surface area is 113 Å². The van der Waals surface area contributed by atoms with Crippen LogP contribution in [0.2, 0.25) is 0 Å². The molecule has 0 bridgehead atoms. The van der Waals surface area contributed by atoms with E-state index in [4.69, 9.17) is 0 Å². The maximum absolute atomic E-state index is 12.3. The summed E-state index contributed by atoms with van der Waals surface area (Å²) in [4.78, 5) is 16.3. The molecule has 2 aromatic rings. The van der Waals surface area contributed by atoms with E-state index in [0.717, 1.165) is 23.1 Å². The number of amides is 1. The molecule has 3 heteroatoms. The summed E-state index contributed by atoms with van der Waals surface area (Å²) in [6.45, 7) is 4.01. The Morgan fingerprint density at radius 1 is 1.21 bits per heavy atom. The number of benzene rings is 1. The lowest BCUT2D eigenvalue weighted by Crippen LogP contribution is -2.28. The predicted octanol–water partition coefficient (Wildman–Crippen LogP) is 3.27. The fourth-order valence-corrected chi connectivity index (χ4v) is 2.08. The molecule has 0 aliphatic heterocycles. The fraction of sp³-hybridized carbons (Fsp3) is 0.250. The third-order valence-corrected chi connectivity index (χ3v) is 3.21. The average Bonchev–Trinajstić information content (AvgIpc) is 2.46. The van der Waals surface area contributed by atoms with E-state index in [0.29, 0.717) is 0 Å². The third-order valence-electron chi connectivity index (χ3n) is 3.21. The van der Waals surface area contributed by atoms with Gasteiger partial charge >= 0.3 is 0 Å². The highest BCUT2D eigenvalue weighted by Gasteiger charge is 2.14. The number of nitrogens with one attached hydrogen (secondary N) is 1. The highest BCUT2D eigenvalue weighted by atomic mass is 16.1. The number of hydrogen-bond donors (Lipinski definition) is 1. The number of hydrogen-bond acceptors (Lipinski definition) is 2. The molecule has 0 radical (unpaired) electrons. The van der Waals surface area contributed by atoms with Crippen LogP contribution in [-0.4, -0.2) is 10.9 Å². The van der Waals surface area contributed by atoms with Crippen LogP contribution in [0.15, 0.2) is 48.8 Å². The van der Waals surface area contributed by atoms with Crippen LogP contribution in [0.1, 0.15) is 40.9 Å².